The summed E-state index contributed by atoms with van der Waals surface area (Å²) in [5.41, 5.74) is 12.8. The topological polar surface area (TPSA) is 90.8 Å². The molecule has 2 aromatic heterocycles. The summed E-state index contributed by atoms with van der Waals surface area (Å²) < 4.78 is 13.6. The van der Waals surface area contributed by atoms with Crippen LogP contribution in [0.1, 0.15) is 16.8 Å². The third kappa shape index (κ3) is 4.00. The Morgan fingerprint density at radius 3 is 2.49 bits per heavy atom. The molecule has 35 heavy (non-hydrogen) atoms. The zero-order chi connectivity index (χ0) is 23.9. The van der Waals surface area contributed by atoms with Crippen molar-refractivity contribution in [3.05, 3.63) is 106 Å². The third-order valence-corrected chi connectivity index (χ3v) is 6.66. The number of benzene rings is 3. The molecule has 0 atom stereocenters. The lowest BCUT2D eigenvalue weighted by atomic mass is 10.0. The van der Waals surface area contributed by atoms with E-state index in [1.54, 1.807) is 24.3 Å². The summed E-state index contributed by atoms with van der Waals surface area (Å²) >= 11 is 0. The highest BCUT2D eigenvalue weighted by Crippen LogP contribution is 2.32. The second kappa shape index (κ2) is 8.52. The highest BCUT2D eigenvalue weighted by Gasteiger charge is 2.24. The van der Waals surface area contributed by atoms with Gasteiger partial charge in [-0.1, -0.05) is 18.2 Å². The van der Waals surface area contributed by atoms with Crippen LogP contribution in [0.15, 0.2) is 77.6 Å². The summed E-state index contributed by atoms with van der Waals surface area (Å²) in [6.07, 6.45) is 0.690. The molecule has 0 saturated heterocycles. The van der Waals surface area contributed by atoms with E-state index in [1.165, 1.54) is 12.1 Å². The lowest BCUT2D eigenvalue weighted by Crippen LogP contribution is -2.35. The van der Waals surface area contributed by atoms with Crippen molar-refractivity contribution in [2.45, 2.75) is 19.5 Å². The Bertz CT molecular complexity index is 1590. The molecule has 1 aliphatic heterocycles. The van der Waals surface area contributed by atoms with E-state index in [-0.39, 0.29) is 11.4 Å². The maximum absolute atomic E-state index is 13.6. The minimum atomic E-state index is -0.260. The third-order valence-electron chi connectivity index (χ3n) is 6.66. The molecule has 0 amide bonds. The number of nitrogens with one attached hydrogen (secondary N) is 2. The van der Waals surface area contributed by atoms with Gasteiger partial charge in [-0.15, -0.1) is 0 Å². The standard InChI is InChI=1S/C28H24FN5O/c29-19-9-5-17(6-10-19)26-22(21-3-1-2-4-24(21)31-26)15-34-14-13-25-23(16-34)28(35)33-27(32-25)18-7-11-20(30)12-8-18/h1-12,31H,13-16,30H2,(H,32,33,35). The normalized spacial score (nSPS) is 13.7. The molecule has 7 heteroatoms. The average molecular weight is 466 g/mol. The Balaban J connectivity index is 1.33. The fourth-order valence-corrected chi connectivity index (χ4v) is 4.84. The molecule has 6 nitrogen and oxygen atoms in total. The van der Waals surface area contributed by atoms with Crippen LogP contribution in [-0.4, -0.2) is 26.4 Å². The second-order valence-electron chi connectivity index (χ2n) is 8.95. The first-order valence-electron chi connectivity index (χ1n) is 11.6. The zero-order valence-corrected chi connectivity index (χ0v) is 19.0. The molecular formula is C28H24FN5O. The van der Waals surface area contributed by atoms with E-state index in [0.717, 1.165) is 45.5 Å². The lowest BCUT2D eigenvalue weighted by Gasteiger charge is -2.28. The van der Waals surface area contributed by atoms with Crippen molar-refractivity contribution in [1.82, 2.24) is 19.9 Å². The number of aromatic amines is 2. The highest BCUT2D eigenvalue weighted by atomic mass is 19.1. The van der Waals surface area contributed by atoms with Gasteiger partial charge in [0.25, 0.3) is 5.56 Å². The summed E-state index contributed by atoms with van der Waals surface area (Å²) in [4.78, 5) is 26.5. The number of rotatable bonds is 4. The maximum Gasteiger partial charge on any atom is 0.255 e. The van der Waals surface area contributed by atoms with E-state index in [1.807, 2.05) is 30.3 Å². The molecule has 0 fully saturated rings. The fourth-order valence-electron chi connectivity index (χ4n) is 4.84. The van der Waals surface area contributed by atoms with Crippen LogP contribution in [0, 0.1) is 5.82 Å². The number of hydrogen-bond donors (Lipinski definition) is 3. The van der Waals surface area contributed by atoms with Crippen molar-refractivity contribution >= 4 is 16.6 Å². The smallest absolute Gasteiger partial charge is 0.255 e. The maximum atomic E-state index is 13.6. The summed E-state index contributed by atoms with van der Waals surface area (Å²) in [5, 5.41) is 1.13. The molecule has 0 radical (unpaired) electrons. The molecule has 0 spiro atoms. The van der Waals surface area contributed by atoms with Crippen molar-refractivity contribution < 1.29 is 4.39 Å². The predicted molar refractivity (Wildman–Crippen MR) is 136 cm³/mol. The minimum absolute atomic E-state index is 0.107. The van der Waals surface area contributed by atoms with E-state index in [2.05, 4.69) is 20.9 Å². The number of nitrogen functional groups attached to an aromatic ring is 1. The van der Waals surface area contributed by atoms with Crippen LogP contribution in [0.3, 0.4) is 0 Å². The molecule has 1 aliphatic rings. The van der Waals surface area contributed by atoms with Crippen LogP contribution in [0.2, 0.25) is 0 Å². The number of anilines is 1. The van der Waals surface area contributed by atoms with Gasteiger partial charge < -0.3 is 15.7 Å². The Morgan fingerprint density at radius 1 is 0.943 bits per heavy atom. The van der Waals surface area contributed by atoms with Gasteiger partial charge in [0.05, 0.1) is 17.0 Å². The number of H-pyrrole nitrogens is 2. The minimum Gasteiger partial charge on any atom is -0.399 e. The van der Waals surface area contributed by atoms with Crippen LogP contribution >= 0.6 is 0 Å². The van der Waals surface area contributed by atoms with Gasteiger partial charge in [-0.3, -0.25) is 9.69 Å². The predicted octanol–water partition coefficient (Wildman–Crippen LogP) is 4.86. The monoisotopic (exact) mass is 465 g/mol. The number of para-hydroxylation sites is 1. The van der Waals surface area contributed by atoms with E-state index >= 15 is 0 Å². The van der Waals surface area contributed by atoms with Gasteiger partial charge in [0, 0.05) is 48.2 Å². The summed E-state index contributed by atoms with van der Waals surface area (Å²) in [6.45, 7) is 1.96. The van der Waals surface area contributed by atoms with Crippen LogP contribution in [0.25, 0.3) is 33.5 Å². The van der Waals surface area contributed by atoms with Crippen LogP contribution < -0.4 is 11.3 Å². The number of nitrogens with zero attached hydrogens (tertiary/aromatic N) is 2. The van der Waals surface area contributed by atoms with Gasteiger partial charge in [0.1, 0.15) is 11.6 Å². The molecule has 5 aromatic rings. The quantitative estimate of drug-likeness (QED) is 0.331. The van der Waals surface area contributed by atoms with Crippen LogP contribution in [-0.2, 0) is 19.5 Å². The number of fused-ring (bicyclic) bond motifs is 2. The van der Waals surface area contributed by atoms with Crippen molar-refractivity contribution in [2.75, 3.05) is 12.3 Å². The van der Waals surface area contributed by atoms with Gasteiger partial charge >= 0.3 is 0 Å². The zero-order valence-electron chi connectivity index (χ0n) is 19.0. The van der Waals surface area contributed by atoms with E-state index in [4.69, 9.17) is 10.7 Å². The molecule has 0 saturated carbocycles. The molecule has 4 N–H and O–H groups in total. The SMILES string of the molecule is Nc1ccc(-c2nc3c(c(=O)[nH]2)CN(Cc2c(-c4ccc(F)cc4)[nH]c4ccccc24)CC3)cc1. The summed E-state index contributed by atoms with van der Waals surface area (Å²) in [7, 11) is 0. The second-order valence-corrected chi connectivity index (χ2v) is 8.95. The van der Waals surface area contributed by atoms with Gasteiger partial charge in [-0.2, -0.15) is 0 Å². The number of aromatic nitrogens is 3. The molecule has 3 aromatic carbocycles. The van der Waals surface area contributed by atoms with E-state index in [0.29, 0.717) is 36.6 Å². The van der Waals surface area contributed by atoms with Crippen molar-refractivity contribution in [1.29, 1.82) is 0 Å². The number of hydrogen-bond acceptors (Lipinski definition) is 4. The average Bonchev–Trinajstić information content (AvgIpc) is 3.23. The highest BCUT2D eigenvalue weighted by molar-refractivity contribution is 5.90. The Hall–Kier alpha value is -4.23. The van der Waals surface area contributed by atoms with Crippen molar-refractivity contribution in [3.63, 3.8) is 0 Å². The summed E-state index contributed by atoms with van der Waals surface area (Å²) in [6, 6.07) is 22.0. The Kier molecular flexibility index (Phi) is 5.19. The fraction of sp³-hybridized carbons (Fsp3) is 0.143. The van der Waals surface area contributed by atoms with Gasteiger partial charge in [0.15, 0.2) is 0 Å². The molecule has 0 aliphatic carbocycles. The Labute approximate surface area is 201 Å². The van der Waals surface area contributed by atoms with Crippen LogP contribution in [0.5, 0.6) is 0 Å². The van der Waals surface area contributed by atoms with Gasteiger partial charge in [-0.05, 0) is 65.7 Å². The molecular weight excluding hydrogens is 441 g/mol. The first-order chi connectivity index (χ1) is 17.0. The van der Waals surface area contributed by atoms with Gasteiger partial charge in [0.2, 0.25) is 0 Å². The molecule has 174 valence electrons. The molecule has 6 rings (SSSR count). The lowest BCUT2D eigenvalue weighted by molar-refractivity contribution is 0.243. The van der Waals surface area contributed by atoms with E-state index < -0.39 is 0 Å². The molecule has 0 unspecified atom stereocenters. The van der Waals surface area contributed by atoms with Crippen molar-refractivity contribution in [2.24, 2.45) is 0 Å². The van der Waals surface area contributed by atoms with Crippen LogP contribution in [0.4, 0.5) is 10.1 Å². The van der Waals surface area contributed by atoms with Crippen molar-refractivity contribution in [3.8, 4) is 22.6 Å². The molecule has 3 heterocycles. The molecule has 0 bridgehead atoms. The first kappa shape index (κ1) is 21.3. The Morgan fingerprint density at radius 2 is 1.69 bits per heavy atom. The number of halogens is 1. The largest absolute Gasteiger partial charge is 0.399 e. The van der Waals surface area contributed by atoms with Gasteiger partial charge in [-0.25, -0.2) is 9.37 Å². The number of nitrogens with two attached hydrogens (primary N) is 1. The summed E-state index contributed by atoms with van der Waals surface area (Å²) in [5.74, 6) is 0.307. The first-order valence-corrected chi connectivity index (χ1v) is 11.6. The van der Waals surface area contributed by atoms with E-state index in [9.17, 15) is 9.18 Å².